The van der Waals surface area contributed by atoms with Gasteiger partial charge in [-0.15, -0.1) is 0 Å². The molecule has 0 fully saturated rings. The Morgan fingerprint density at radius 3 is 3.00 bits per heavy atom. The summed E-state index contributed by atoms with van der Waals surface area (Å²) in [5.41, 5.74) is 0.365. The molecule has 12 heavy (non-hydrogen) atoms. The monoisotopic (exact) mass is 180 g/mol. The highest BCUT2D eigenvalue weighted by Gasteiger charge is 1.93. The minimum Gasteiger partial charge on any atom is -0.307 e. The van der Waals surface area contributed by atoms with Gasteiger partial charge >= 0.3 is 0 Å². The average molecular weight is 181 g/mol. The van der Waals surface area contributed by atoms with Crippen molar-refractivity contribution in [2.24, 2.45) is 0 Å². The Balaban J connectivity index is 2.87. The molecule has 0 saturated carbocycles. The molecule has 0 spiro atoms. The second-order valence-electron chi connectivity index (χ2n) is 2.38. The SMILES string of the molecule is O=c1ccn2cc(Cl)ccc2n1. The summed E-state index contributed by atoms with van der Waals surface area (Å²) >= 11 is 5.73. The molecule has 0 aliphatic carbocycles. The van der Waals surface area contributed by atoms with Crippen LogP contribution in [0.1, 0.15) is 0 Å². The van der Waals surface area contributed by atoms with Crippen molar-refractivity contribution in [3.05, 3.63) is 46.0 Å². The van der Waals surface area contributed by atoms with E-state index in [1.54, 1.807) is 28.9 Å². The standard InChI is InChI=1S/C8H5ClN2O/c9-6-1-2-7-10-8(12)3-4-11(7)5-6/h1-5H. The van der Waals surface area contributed by atoms with Crippen LogP contribution in [0.15, 0.2) is 35.4 Å². The Morgan fingerprint density at radius 1 is 1.33 bits per heavy atom. The lowest BCUT2D eigenvalue weighted by atomic mass is 10.4. The second kappa shape index (κ2) is 2.60. The first-order valence-corrected chi connectivity index (χ1v) is 3.78. The average Bonchev–Trinajstić information content (AvgIpc) is 2.05. The third-order valence-electron chi connectivity index (χ3n) is 1.52. The van der Waals surface area contributed by atoms with Crippen LogP contribution in [-0.2, 0) is 0 Å². The highest BCUT2D eigenvalue weighted by molar-refractivity contribution is 6.30. The van der Waals surface area contributed by atoms with Gasteiger partial charge in [0.2, 0.25) is 0 Å². The lowest BCUT2D eigenvalue weighted by Gasteiger charge is -1.97. The maximum absolute atomic E-state index is 10.8. The summed E-state index contributed by atoms with van der Waals surface area (Å²) in [6.45, 7) is 0. The number of halogens is 1. The van der Waals surface area contributed by atoms with Crippen molar-refractivity contribution in [3.63, 3.8) is 0 Å². The van der Waals surface area contributed by atoms with E-state index >= 15 is 0 Å². The lowest BCUT2D eigenvalue weighted by molar-refractivity contribution is 1.07. The summed E-state index contributed by atoms with van der Waals surface area (Å²) in [5, 5.41) is 0.618. The predicted octanol–water partition coefficient (Wildman–Crippen LogP) is 1.35. The van der Waals surface area contributed by atoms with E-state index in [4.69, 9.17) is 11.6 Å². The van der Waals surface area contributed by atoms with Gasteiger partial charge in [0, 0.05) is 18.5 Å². The number of pyridine rings is 1. The molecule has 0 aliphatic heterocycles. The number of nitrogens with zero attached hydrogens (tertiary/aromatic N) is 2. The molecule has 0 aliphatic rings. The van der Waals surface area contributed by atoms with E-state index < -0.39 is 0 Å². The van der Waals surface area contributed by atoms with E-state index in [0.717, 1.165) is 0 Å². The molecule has 2 aromatic rings. The normalized spacial score (nSPS) is 10.4. The number of aromatic nitrogens is 2. The first kappa shape index (κ1) is 7.31. The third kappa shape index (κ3) is 1.19. The van der Waals surface area contributed by atoms with Crippen molar-refractivity contribution >= 4 is 17.2 Å². The minimum absolute atomic E-state index is 0.239. The Kier molecular flexibility index (Phi) is 1.59. The van der Waals surface area contributed by atoms with Gasteiger partial charge in [0.05, 0.1) is 5.02 Å². The van der Waals surface area contributed by atoms with Crippen molar-refractivity contribution in [1.29, 1.82) is 0 Å². The van der Waals surface area contributed by atoms with E-state index in [0.29, 0.717) is 10.7 Å². The zero-order valence-electron chi connectivity index (χ0n) is 6.07. The summed E-state index contributed by atoms with van der Waals surface area (Å²) < 4.78 is 1.70. The van der Waals surface area contributed by atoms with Crippen LogP contribution in [-0.4, -0.2) is 9.38 Å². The van der Waals surface area contributed by atoms with Gasteiger partial charge in [-0.1, -0.05) is 11.6 Å². The first-order chi connectivity index (χ1) is 5.75. The second-order valence-corrected chi connectivity index (χ2v) is 2.82. The fraction of sp³-hybridized carbons (Fsp3) is 0. The number of rotatable bonds is 0. The molecule has 0 bridgehead atoms. The molecule has 0 saturated heterocycles. The summed E-state index contributed by atoms with van der Waals surface area (Å²) in [5.74, 6) is 0. The predicted molar refractivity (Wildman–Crippen MR) is 46.5 cm³/mol. The zero-order valence-corrected chi connectivity index (χ0v) is 6.82. The zero-order chi connectivity index (χ0) is 8.55. The van der Waals surface area contributed by atoms with Crippen LogP contribution >= 0.6 is 11.6 Å². The van der Waals surface area contributed by atoms with Gasteiger partial charge in [0.15, 0.2) is 0 Å². The fourth-order valence-corrected chi connectivity index (χ4v) is 1.16. The largest absolute Gasteiger partial charge is 0.307 e. The van der Waals surface area contributed by atoms with Gasteiger partial charge in [-0.3, -0.25) is 4.79 Å². The molecular weight excluding hydrogens is 176 g/mol. The van der Waals surface area contributed by atoms with Crippen LogP contribution in [0.2, 0.25) is 5.02 Å². The van der Waals surface area contributed by atoms with Crippen LogP contribution in [0, 0.1) is 0 Å². The summed E-state index contributed by atoms with van der Waals surface area (Å²) in [7, 11) is 0. The maximum atomic E-state index is 10.8. The van der Waals surface area contributed by atoms with Gasteiger partial charge in [0.1, 0.15) is 5.65 Å². The summed E-state index contributed by atoms with van der Waals surface area (Å²) in [4.78, 5) is 14.6. The molecule has 0 unspecified atom stereocenters. The molecule has 0 atom stereocenters. The van der Waals surface area contributed by atoms with E-state index in [-0.39, 0.29) is 5.56 Å². The summed E-state index contributed by atoms with van der Waals surface area (Å²) in [6.07, 6.45) is 3.33. The highest BCUT2D eigenvalue weighted by atomic mass is 35.5. The van der Waals surface area contributed by atoms with Gasteiger partial charge in [0.25, 0.3) is 5.56 Å². The van der Waals surface area contributed by atoms with Crippen LogP contribution in [0.3, 0.4) is 0 Å². The van der Waals surface area contributed by atoms with Crippen LogP contribution in [0.5, 0.6) is 0 Å². The molecular formula is C8H5ClN2O. The highest BCUT2D eigenvalue weighted by Crippen LogP contribution is 2.07. The van der Waals surface area contributed by atoms with Crippen LogP contribution in [0.4, 0.5) is 0 Å². The molecule has 2 aromatic heterocycles. The first-order valence-electron chi connectivity index (χ1n) is 3.40. The molecule has 0 aromatic carbocycles. The molecule has 60 valence electrons. The number of hydrogen-bond donors (Lipinski definition) is 0. The number of fused-ring (bicyclic) bond motifs is 1. The van der Waals surface area contributed by atoms with Crippen molar-refractivity contribution < 1.29 is 0 Å². The Hall–Kier alpha value is -1.35. The fourth-order valence-electron chi connectivity index (χ4n) is 0.991. The molecule has 3 nitrogen and oxygen atoms in total. The van der Waals surface area contributed by atoms with E-state index in [1.165, 1.54) is 6.07 Å². The molecule has 0 N–H and O–H groups in total. The van der Waals surface area contributed by atoms with Crippen LogP contribution in [0.25, 0.3) is 5.65 Å². The van der Waals surface area contributed by atoms with Crippen molar-refractivity contribution in [3.8, 4) is 0 Å². The summed E-state index contributed by atoms with van der Waals surface area (Å²) in [6, 6.07) is 4.79. The van der Waals surface area contributed by atoms with E-state index in [9.17, 15) is 4.79 Å². The van der Waals surface area contributed by atoms with Gasteiger partial charge in [-0.05, 0) is 12.1 Å². The van der Waals surface area contributed by atoms with Crippen molar-refractivity contribution in [2.75, 3.05) is 0 Å². The lowest BCUT2D eigenvalue weighted by Crippen LogP contribution is -2.06. The Labute approximate surface area is 73.2 Å². The van der Waals surface area contributed by atoms with E-state index in [1.807, 2.05) is 0 Å². The van der Waals surface area contributed by atoms with Crippen molar-refractivity contribution in [2.45, 2.75) is 0 Å². The molecule has 2 heterocycles. The topological polar surface area (TPSA) is 34.4 Å². The Bertz CT molecular complexity index is 478. The molecule has 2 rings (SSSR count). The van der Waals surface area contributed by atoms with E-state index in [2.05, 4.69) is 4.98 Å². The Morgan fingerprint density at radius 2 is 2.17 bits per heavy atom. The van der Waals surface area contributed by atoms with Crippen LogP contribution < -0.4 is 5.56 Å². The maximum Gasteiger partial charge on any atom is 0.273 e. The molecule has 0 amide bonds. The molecule has 4 heteroatoms. The van der Waals surface area contributed by atoms with Gasteiger partial charge in [-0.2, -0.15) is 4.98 Å². The minimum atomic E-state index is -0.239. The molecule has 0 radical (unpaired) electrons. The van der Waals surface area contributed by atoms with Gasteiger partial charge < -0.3 is 4.40 Å². The quantitative estimate of drug-likeness (QED) is 0.613. The third-order valence-corrected chi connectivity index (χ3v) is 1.74. The number of hydrogen-bond acceptors (Lipinski definition) is 2. The van der Waals surface area contributed by atoms with Crippen molar-refractivity contribution in [1.82, 2.24) is 9.38 Å². The smallest absolute Gasteiger partial charge is 0.273 e. The van der Waals surface area contributed by atoms with Gasteiger partial charge in [-0.25, -0.2) is 0 Å².